The van der Waals surface area contributed by atoms with Crippen LogP contribution in [0.5, 0.6) is 0 Å². The summed E-state index contributed by atoms with van der Waals surface area (Å²) in [7, 11) is -3.32. The lowest BCUT2D eigenvalue weighted by atomic mass is 10.2. The molecule has 0 fully saturated rings. The first-order chi connectivity index (χ1) is 7.33. The maximum absolute atomic E-state index is 11.8. The highest BCUT2D eigenvalue weighted by molar-refractivity contribution is 7.91. The Morgan fingerprint density at radius 1 is 1.25 bits per heavy atom. The molecule has 3 nitrogen and oxygen atoms in total. The molecule has 5 heteroatoms. The molecule has 0 heterocycles. The van der Waals surface area contributed by atoms with Gasteiger partial charge in [-0.15, -0.1) is 0 Å². The van der Waals surface area contributed by atoms with Gasteiger partial charge in [0.15, 0.2) is 9.84 Å². The molecule has 0 aromatic heterocycles. The molecule has 0 aliphatic rings. The third kappa shape index (κ3) is 3.47. The summed E-state index contributed by atoms with van der Waals surface area (Å²) in [6.45, 7) is 3.08. The number of aliphatic hydroxyl groups is 1. The lowest BCUT2D eigenvalue weighted by Crippen LogP contribution is -2.22. The molecule has 0 radical (unpaired) electrons. The summed E-state index contributed by atoms with van der Waals surface area (Å²) in [5.74, 6) is -0.225. The third-order valence-electron chi connectivity index (χ3n) is 2.35. The summed E-state index contributed by atoms with van der Waals surface area (Å²) in [6, 6.07) is 6.69. The van der Waals surface area contributed by atoms with Crippen LogP contribution in [0.25, 0.3) is 0 Å². The predicted octanol–water partition coefficient (Wildman–Crippen LogP) is 2.20. The number of hydrogen-bond acceptors (Lipinski definition) is 3. The van der Waals surface area contributed by atoms with Gasteiger partial charge >= 0.3 is 0 Å². The van der Waals surface area contributed by atoms with Gasteiger partial charge in [0, 0.05) is 5.02 Å². The molecule has 2 unspecified atom stereocenters. The van der Waals surface area contributed by atoms with Gasteiger partial charge in [-0.1, -0.05) is 23.7 Å². The molecule has 0 aliphatic carbocycles. The summed E-state index contributed by atoms with van der Waals surface area (Å²) in [4.78, 5) is 0. The van der Waals surface area contributed by atoms with Gasteiger partial charge in [-0.2, -0.15) is 0 Å². The van der Waals surface area contributed by atoms with Crippen LogP contribution in [0.1, 0.15) is 24.7 Å². The number of benzene rings is 1. The smallest absolute Gasteiger partial charge is 0.159 e. The van der Waals surface area contributed by atoms with E-state index < -0.39 is 21.2 Å². The van der Waals surface area contributed by atoms with Gasteiger partial charge in [0.25, 0.3) is 0 Å². The second-order valence-electron chi connectivity index (χ2n) is 3.87. The minimum absolute atomic E-state index is 0.225. The maximum Gasteiger partial charge on any atom is 0.159 e. The minimum atomic E-state index is -3.32. The van der Waals surface area contributed by atoms with Gasteiger partial charge < -0.3 is 5.11 Å². The van der Waals surface area contributed by atoms with E-state index in [2.05, 4.69) is 0 Å². The Morgan fingerprint density at radius 3 is 2.19 bits per heavy atom. The van der Waals surface area contributed by atoms with Crippen LogP contribution in [0.2, 0.25) is 5.02 Å². The van der Waals surface area contributed by atoms with Crippen molar-refractivity contribution in [1.29, 1.82) is 0 Å². The predicted molar refractivity (Wildman–Crippen MR) is 65.3 cm³/mol. The highest BCUT2D eigenvalue weighted by Crippen LogP contribution is 2.24. The number of aliphatic hydroxyl groups excluding tert-OH is 1. The van der Waals surface area contributed by atoms with E-state index in [9.17, 15) is 8.42 Å². The second kappa shape index (κ2) is 5.17. The Morgan fingerprint density at radius 2 is 1.75 bits per heavy atom. The average Bonchev–Trinajstić information content (AvgIpc) is 2.16. The fourth-order valence-corrected chi connectivity index (χ4v) is 3.08. The van der Waals surface area contributed by atoms with Gasteiger partial charge in [0.2, 0.25) is 0 Å². The van der Waals surface area contributed by atoms with Crippen molar-refractivity contribution >= 4 is 21.4 Å². The largest absolute Gasteiger partial charge is 0.392 e. The molecular weight excluding hydrogens is 248 g/mol. The zero-order valence-electron chi connectivity index (χ0n) is 9.22. The van der Waals surface area contributed by atoms with Crippen LogP contribution in [0.3, 0.4) is 0 Å². The van der Waals surface area contributed by atoms with Crippen molar-refractivity contribution in [3.63, 3.8) is 0 Å². The summed E-state index contributed by atoms with van der Waals surface area (Å²) < 4.78 is 23.7. The Balaban J connectivity index is 2.93. The Labute approximate surface area is 101 Å². The van der Waals surface area contributed by atoms with Crippen molar-refractivity contribution in [3.8, 4) is 0 Å². The third-order valence-corrected chi connectivity index (χ3v) is 4.90. The molecule has 0 bridgehead atoms. The molecule has 1 aromatic rings. The van der Waals surface area contributed by atoms with Crippen molar-refractivity contribution in [3.05, 3.63) is 34.9 Å². The van der Waals surface area contributed by atoms with E-state index in [-0.39, 0.29) is 5.75 Å². The molecule has 0 saturated heterocycles. The van der Waals surface area contributed by atoms with Gasteiger partial charge in [-0.3, -0.25) is 0 Å². The van der Waals surface area contributed by atoms with E-state index in [1.807, 2.05) is 0 Å². The molecule has 0 amide bonds. The molecule has 90 valence electrons. The van der Waals surface area contributed by atoms with Crippen LogP contribution in [0.4, 0.5) is 0 Å². The molecule has 0 spiro atoms. The SMILES string of the molecule is CC(O)CS(=O)(=O)C(C)c1ccc(Cl)cc1. The Bertz CT molecular complexity index is 437. The van der Waals surface area contributed by atoms with E-state index in [0.29, 0.717) is 10.6 Å². The molecule has 0 saturated carbocycles. The lowest BCUT2D eigenvalue weighted by molar-refractivity contribution is 0.218. The Hall–Kier alpha value is -0.580. The zero-order valence-corrected chi connectivity index (χ0v) is 10.8. The van der Waals surface area contributed by atoms with E-state index in [1.54, 1.807) is 31.2 Å². The first-order valence-corrected chi connectivity index (χ1v) is 7.07. The molecule has 2 atom stereocenters. The highest BCUT2D eigenvalue weighted by atomic mass is 35.5. The van der Waals surface area contributed by atoms with Crippen molar-refractivity contribution in [2.24, 2.45) is 0 Å². The number of sulfone groups is 1. The van der Waals surface area contributed by atoms with Crippen LogP contribution < -0.4 is 0 Å². The first-order valence-electron chi connectivity index (χ1n) is 4.98. The maximum atomic E-state index is 11.8. The second-order valence-corrected chi connectivity index (χ2v) is 6.67. The quantitative estimate of drug-likeness (QED) is 0.905. The van der Waals surface area contributed by atoms with Crippen molar-refractivity contribution in [1.82, 2.24) is 0 Å². The number of hydrogen-bond donors (Lipinski definition) is 1. The van der Waals surface area contributed by atoms with Crippen molar-refractivity contribution in [2.45, 2.75) is 25.2 Å². The van der Waals surface area contributed by atoms with Gasteiger partial charge in [0.05, 0.1) is 17.1 Å². The standard InChI is InChI=1S/C11H15ClO3S/c1-8(13)7-16(14,15)9(2)10-3-5-11(12)6-4-10/h3-6,8-9,13H,7H2,1-2H3. The van der Waals surface area contributed by atoms with Crippen LogP contribution in [-0.2, 0) is 9.84 Å². The van der Waals surface area contributed by atoms with Crippen LogP contribution in [-0.4, -0.2) is 25.4 Å². The lowest BCUT2D eigenvalue weighted by Gasteiger charge is -2.14. The summed E-state index contributed by atoms with van der Waals surface area (Å²) in [6.07, 6.45) is -0.847. The fourth-order valence-electron chi connectivity index (χ4n) is 1.42. The van der Waals surface area contributed by atoms with Crippen LogP contribution >= 0.6 is 11.6 Å². The highest BCUT2D eigenvalue weighted by Gasteiger charge is 2.24. The van der Waals surface area contributed by atoms with E-state index in [0.717, 1.165) is 0 Å². The number of rotatable bonds is 4. The monoisotopic (exact) mass is 262 g/mol. The van der Waals surface area contributed by atoms with Gasteiger partial charge in [-0.05, 0) is 31.5 Å². The molecule has 0 aliphatic heterocycles. The van der Waals surface area contributed by atoms with Crippen LogP contribution in [0, 0.1) is 0 Å². The van der Waals surface area contributed by atoms with Gasteiger partial charge in [0.1, 0.15) is 0 Å². The molecule has 1 aromatic carbocycles. The topological polar surface area (TPSA) is 54.4 Å². The van der Waals surface area contributed by atoms with Crippen LogP contribution in [0.15, 0.2) is 24.3 Å². The summed E-state index contributed by atoms with van der Waals surface area (Å²) in [5, 5.41) is 9.08. The van der Waals surface area contributed by atoms with Crippen molar-refractivity contribution in [2.75, 3.05) is 5.75 Å². The van der Waals surface area contributed by atoms with E-state index in [1.165, 1.54) is 6.92 Å². The molecule has 1 rings (SSSR count). The Kier molecular flexibility index (Phi) is 4.35. The van der Waals surface area contributed by atoms with Gasteiger partial charge in [-0.25, -0.2) is 8.42 Å². The first kappa shape index (κ1) is 13.5. The molecular formula is C11H15ClO3S. The minimum Gasteiger partial charge on any atom is -0.392 e. The number of halogens is 1. The van der Waals surface area contributed by atoms with E-state index >= 15 is 0 Å². The fraction of sp³-hybridized carbons (Fsp3) is 0.455. The zero-order chi connectivity index (χ0) is 12.3. The average molecular weight is 263 g/mol. The molecule has 16 heavy (non-hydrogen) atoms. The van der Waals surface area contributed by atoms with E-state index in [4.69, 9.17) is 16.7 Å². The molecule has 1 N–H and O–H groups in total. The summed E-state index contributed by atoms with van der Waals surface area (Å²) in [5.41, 5.74) is 0.685. The normalized spacial score (nSPS) is 15.8. The van der Waals surface area contributed by atoms with Crippen molar-refractivity contribution < 1.29 is 13.5 Å². The summed E-state index contributed by atoms with van der Waals surface area (Å²) >= 11 is 5.73.